The van der Waals surface area contributed by atoms with Crippen LogP contribution in [0.5, 0.6) is 11.5 Å². The van der Waals surface area contributed by atoms with Crippen molar-refractivity contribution in [3.05, 3.63) is 24.3 Å². The zero-order valence-electron chi connectivity index (χ0n) is 11.9. The van der Waals surface area contributed by atoms with Gasteiger partial charge >= 0.3 is 5.97 Å². The Labute approximate surface area is 118 Å². The molecule has 0 amide bonds. The lowest BCUT2D eigenvalue weighted by atomic mass is 9.80. The number of likely N-dealkylation sites (N-methyl/N-ethyl adjacent to an activating group) is 1. The molecule has 0 spiro atoms. The van der Waals surface area contributed by atoms with Crippen molar-refractivity contribution in [3.8, 4) is 11.5 Å². The molecule has 2 unspecified atom stereocenters. The van der Waals surface area contributed by atoms with Crippen LogP contribution in [-0.2, 0) is 4.79 Å². The second-order valence-corrected chi connectivity index (χ2v) is 5.15. The number of aliphatic carboxylic acids is 1. The molecule has 1 aromatic carbocycles. The number of benzene rings is 1. The van der Waals surface area contributed by atoms with Gasteiger partial charge in [0, 0.05) is 12.5 Å². The van der Waals surface area contributed by atoms with E-state index in [1.54, 1.807) is 14.2 Å². The van der Waals surface area contributed by atoms with Crippen molar-refractivity contribution < 1.29 is 19.4 Å². The topological polar surface area (TPSA) is 67.8 Å². The molecule has 110 valence electrons. The van der Waals surface area contributed by atoms with Crippen LogP contribution in [0.4, 0.5) is 0 Å². The molecule has 5 nitrogen and oxygen atoms in total. The molecule has 1 aliphatic carbocycles. The van der Waals surface area contributed by atoms with Crippen LogP contribution < -0.4 is 14.8 Å². The van der Waals surface area contributed by atoms with E-state index in [9.17, 15) is 9.90 Å². The lowest BCUT2D eigenvalue weighted by molar-refractivity contribution is -0.147. The highest BCUT2D eigenvalue weighted by molar-refractivity contribution is 5.79. The first kappa shape index (κ1) is 14.7. The second-order valence-electron chi connectivity index (χ2n) is 5.15. The molecule has 2 N–H and O–H groups in total. The van der Waals surface area contributed by atoms with Crippen LogP contribution in [0.1, 0.15) is 25.7 Å². The Morgan fingerprint density at radius 2 is 2.20 bits per heavy atom. The zero-order chi connectivity index (χ0) is 14.6. The molecule has 0 aromatic heterocycles. The Hall–Kier alpha value is -1.75. The van der Waals surface area contributed by atoms with Gasteiger partial charge in [-0.2, -0.15) is 0 Å². The van der Waals surface area contributed by atoms with Gasteiger partial charge in [-0.15, -0.1) is 0 Å². The molecule has 5 heteroatoms. The molecule has 0 aliphatic heterocycles. The van der Waals surface area contributed by atoms with Gasteiger partial charge in [0.05, 0.1) is 7.11 Å². The largest absolute Gasteiger partial charge is 0.497 e. The van der Waals surface area contributed by atoms with Crippen LogP contribution in [0, 0.1) is 0 Å². The first-order valence-electron chi connectivity index (χ1n) is 6.82. The van der Waals surface area contributed by atoms with Gasteiger partial charge in [-0.05, 0) is 38.4 Å². The summed E-state index contributed by atoms with van der Waals surface area (Å²) >= 11 is 0. The molecular weight excluding hydrogens is 258 g/mol. The lowest BCUT2D eigenvalue weighted by Crippen LogP contribution is -2.55. The van der Waals surface area contributed by atoms with Crippen molar-refractivity contribution in [2.24, 2.45) is 0 Å². The number of methoxy groups -OCH3 is 1. The van der Waals surface area contributed by atoms with Gasteiger partial charge in [0.25, 0.3) is 0 Å². The summed E-state index contributed by atoms with van der Waals surface area (Å²) in [5, 5.41) is 12.4. The number of ether oxygens (including phenoxy) is 2. The van der Waals surface area contributed by atoms with Crippen molar-refractivity contribution in [2.75, 3.05) is 14.2 Å². The fourth-order valence-corrected chi connectivity index (χ4v) is 2.72. The predicted octanol–water partition coefficient (Wildman–Crippen LogP) is 2.06. The van der Waals surface area contributed by atoms with E-state index in [0.717, 1.165) is 18.6 Å². The molecule has 0 bridgehead atoms. The Balaban J connectivity index is 2.07. The minimum Gasteiger partial charge on any atom is -0.497 e. The summed E-state index contributed by atoms with van der Waals surface area (Å²) in [5.41, 5.74) is -0.873. The van der Waals surface area contributed by atoms with E-state index in [1.807, 2.05) is 24.3 Å². The first-order valence-corrected chi connectivity index (χ1v) is 6.82. The van der Waals surface area contributed by atoms with Crippen LogP contribution >= 0.6 is 0 Å². The highest BCUT2D eigenvalue weighted by Crippen LogP contribution is 2.32. The summed E-state index contributed by atoms with van der Waals surface area (Å²) in [7, 11) is 3.30. The Kier molecular flexibility index (Phi) is 4.49. The zero-order valence-corrected chi connectivity index (χ0v) is 11.9. The standard InChI is InChI=1S/C15H21NO4/c1-16-15(14(17)18)8-4-7-13(10-15)20-12-6-3-5-11(9-12)19-2/h3,5-6,9,13,16H,4,7-8,10H2,1-2H3,(H,17,18). The predicted molar refractivity (Wildman–Crippen MR) is 75.3 cm³/mol. The summed E-state index contributed by atoms with van der Waals surface area (Å²) in [6.45, 7) is 0. The van der Waals surface area contributed by atoms with Gasteiger partial charge in [0.1, 0.15) is 23.1 Å². The van der Waals surface area contributed by atoms with Crippen LogP contribution in [-0.4, -0.2) is 36.9 Å². The molecule has 1 fully saturated rings. The van der Waals surface area contributed by atoms with Crippen molar-refractivity contribution in [3.63, 3.8) is 0 Å². The third-order valence-electron chi connectivity index (χ3n) is 3.94. The maximum atomic E-state index is 11.5. The number of hydrogen-bond donors (Lipinski definition) is 2. The van der Waals surface area contributed by atoms with Crippen molar-refractivity contribution in [1.29, 1.82) is 0 Å². The third-order valence-corrected chi connectivity index (χ3v) is 3.94. The fraction of sp³-hybridized carbons (Fsp3) is 0.533. The summed E-state index contributed by atoms with van der Waals surface area (Å²) < 4.78 is 11.1. The van der Waals surface area contributed by atoms with Crippen LogP contribution in [0.2, 0.25) is 0 Å². The number of rotatable bonds is 5. The first-order chi connectivity index (χ1) is 9.59. The maximum Gasteiger partial charge on any atom is 0.324 e. The van der Waals surface area contributed by atoms with E-state index < -0.39 is 11.5 Å². The molecule has 1 aromatic rings. The quantitative estimate of drug-likeness (QED) is 0.863. The second kappa shape index (κ2) is 6.13. The van der Waals surface area contributed by atoms with Gasteiger partial charge < -0.3 is 19.9 Å². The SMILES string of the molecule is CNC1(C(=O)O)CCCC(Oc2cccc(OC)c2)C1. The Morgan fingerprint density at radius 1 is 1.45 bits per heavy atom. The van der Waals surface area contributed by atoms with E-state index in [0.29, 0.717) is 18.6 Å². The summed E-state index contributed by atoms with van der Waals surface area (Å²) in [6, 6.07) is 7.39. The number of nitrogens with one attached hydrogen (secondary N) is 1. The Morgan fingerprint density at radius 3 is 2.85 bits per heavy atom. The van der Waals surface area contributed by atoms with Gasteiger partial charge in [-0.3, -0.25) is 4.79 Å². The monoisotopic (exact) mass is 279 g/mol. The number of carbonyl (C=O) groups is 1. The van der Waals surface area contributed by atoms with Crippen molar-refractivity contribution >= 4 is 5.97 Å². The molecule has 0 heterocycles. The molecule has 2 atom stereocenters. The molecule has 20 heavy (non-hydrogen) atoms. The summed E-state index contributed by atoms with van der Waals surface area (Å²) in [5.74, 6) is 0.641. The molecule has 0 saturated heterocycles. The fourth-order valence-electron chi connectivity index (χ4n) is 2.72. The van der Waals surface area contributed by atoms with Gasteiger partial charge in [0.2, 0.25) is 0 Å². The lowest BCUT2D eigenvalue weighted by Gasteiger charge is -2.37. The van der Waals surface area contributed by atoms with Crippen LogP contribution in [0.25, 0.3) is 0 Å². The van der Waals surface area contributed by atoms with Gasteiger partial charge in [0.15, 0.2) is 0 Å². The van der Waals surface area contributed by atoms with E-state index >= 15 is 0 Å². The van der Waals surface area contributed by atoms with Crippen LogP contribution in [0.15, 0.2) is 24.3 Å². The number of hydrogen-bond acceptors (Lipinski definition) is 4. The molecular formula is C15H21NO4. The molecule has 1 saturated carbocycles. The van der Waals surface area contributed by atoms with E-state index in [-0.39, 0.29) is 6.10 Å². The molecule has 0 radical (unpaired) electrons. The highest BCUT2D eigenvalue weighted by Gasteiger charge is 2.42. The van der Waals surface area contributed by atoms with Gasteiger partial charge in [-0.1, -0.05) is 6.07 Å². The van der Waals surface area contributed by atoms with Gasteiger partial charge in [-0.25, -0.2) is 0 Å². The maximum absolute atomic E-state index is 11.5. The van der Waals surface area contributed by atoms with E-state index in [2.05, 4.69) is 5.32 Å². The molecule has 1 aliphatic rings. The summed E-state index contributed by atoms with van der Waals surface area (Å²) in [4.78, 5) is 11.5. The smallest absolute Gasteiger partial charge is 0.324 e. The van der Waals surface area contributed by atoms with E-state index in [4.69, 9.17) is 9.47 Å². The average molecular weight is 279 g/mol. The van der Waals surface area contributed by atoms with Crippen molar-refractivity contribution in [1.82, 2.24) is 5.32 Å². The minimum absolute atomic E-state index is 0.0978. The normalized spacial score (nSPS) is 26.0. The third kappa shape index (κ3) is 3.04. The number of carboxylic acid groups (broad SMARTS) is 1. The molecule has 2 rings (SSSR count). The highest BCUT2D eigenvalue weighted by atomic mass is 16.5. The number of carboxylic acids is 1. The van der Waals surface area contributed by atoms with Crippen LogP contribution in [0.3, 0.4) is 0 Å². The Bertz CT molecular complexity index is 477. The summed E-state index contributed by atoms with van der Waals surface area (Å²) in [6.07, 6.45) is 2.71. The van der Waals surface area contributed by atoms with E-state index in [1.165, 1.54) is 0 Å². The van der Waals surface area contributed by atoms with Crippen molar-refractivity contribution in [2.45, 2.75) is 37.3 Å². The average Bonchev–Trinajstić information content (AvgIpc) is 2.47. The minimum atomic E-state index is -0.873.